The summed E-state index contributed by atoms with van der Waals surface area (Å²) >= 11 is 0. The summed E-state index contributed by atoms with van der Waals surface area (Å²) in [6.45, 7) is 3.73. The van der Waals surface area contributed by atoms with Gasteiger partial charge in [0.2, 0.25) is 0 Å². The summed E-state index contributed by atoms with van der Waals surface area (Å²) in [5.74, 6) is 1.57. The van der Waals surface area contributed by atoms with E-state index >= 15 is 0 Å². The number of anilines is 1. The van der Waals surface area contributed by atoms with Crippen molar-refractivity contribution in [3.8, 4) is 0 Å². The zero-order valence-electron chi connectivity index (χ0n) is 9.27. The van der Waals surface area contributed by atoms with Crippen LogP contribution in [0.25, 0.3) is 0 Å². The maximum Gasteiger partial charge on any atom is 0.140 e. The standard InChI is InChI=1S/C12H14N2O2/c1-7-5-9(12(13)14-6-7)11(15)10-4-3-8(2)16-10/h3-6,11,15H,1-2H3,(H2,13,14). The van der Waals surface area contributed by atoms with Gasteiger partial charge in [-0.3, -0.25) is 0 Å². The number of nitrogen functional groups attached to an aromatic ring is 1. The number of aromatic nitrogens is 1. The minimum Gasteiger partial charge on any atom is -0.463 e. The molecule has 0 fully saturated rings. The number of aliphatic hydroxyl groups excluding tert-OH is 1. The molecule has 0 aliphatic carbocycles. The molecule has 0 bridgehead atoms. The molecule has 2 rings (SSSR count). The van der Waals surface area contributed by atoms with Gasteiger partial charge in [0.1, 0.15) is 23.4 Å². The lowest BCUT2D eigenvalue weighted by atomic mass is 10.1. The second-order valence-electron chi connectivity index (χ2n) is 3.84. The molecule has 2 aromatic heterocycles. The molecule has 0 aliphatic rings. The van der Waals surface area contributed by atoms with Crippen LogP contribution in [0.2, 0.25) is 0 Å². The topological polar surface area (TPSA) is 72.3 Å². The second-order valence-corrected chi connectivity index (χ2v) is 3.84. The Morgan fingerprint density at radius 2 is 2.12 bits per heavy atom. The molecule has 0 saturated carbocycles. The quantitative estimate of drug-likeness (QED) is 0.808. The minimum absolute atomic E-state index is 0.326. The van der Waals surface area contributed by atoms with Gasteiger partial charge in [-0.25, -0.2) is 4.98 Å². The second kappa shape index (κ2) is 3.98. The van der Waals surface area contributed by atoms with Crippen LogP contribution in [0.3, 0.4) is 0 Å². The highest BCUT2D eigenvalue weighted by atomic mass is 16.4. The molecule has 16 heavy (non-hydrogen) atoms. The number of hydrogen-bond donors (Lipinski definition) is 2. The fourth-order valence-electron chi connectivity index (χ4n) is 1.58. The van der Waals surface area contributed by atoms with Gasteiger partial charge in [-0.2, -0.15) is 0 Å². The van der Waals surface area contributed by atoms with Crippen LogP contribution in [-0.4, -0.2) is 10.1 Å². The van der Waals surface area contributed by atoms with Crippen molar-refractivity contribution in [3.05, 3.63) is 47.0 Å². The van der Waals surface area contributed by atoms with E-state index in [1.165, 1.54) is 0 Å². The van der Waals surface area contributed by atoms with Crippen LogP contribution in [0.4, 0.5) is 5.82 Å². The van der Waals surface area contributed by atoms with Gasteiger partial charge in [-0.15, -0.1) is 0 Å². The van der Waals surface area contributed by atoms with Gasteiger partial charge in [0.05, 0.1) is 0 Å². The summed E-state index contributed by atoms with van der Waals surface area (Å²) in [7, 11) is 0. The Morgan fingerprint density at radius 3 is 2.75 bits per heavy atom. The Morgan fingerprint density at radius 1 is 1.38 bits per heavy atom. The van der Waals surface area contributed by atoms with Crippen LogP contribution in [-0.2, 0) is 0 Å². The molecule has 4 nitrogen and oxygen atoms in total. The average Bonchev–Trinajstić information content (AvgIpc) is 2.67. The van der Waals surface area contributed by atoms with E-state index < -0.39 is 6.10 Å². The first kappa shape index (κ1) is 10.7. The van der Waals surface area contributed by atoms with Crippen molar-refractivity contribution < 1.29 is 9.52 Å². The monoisotopic (exact) mass is 218 g/mol. The van der Waals surface area contributed by atoms with E-state index in [-0.39, 0.29) is 0 Å². The summed E-state index contributed by atoms with van der Waals surface area (Å²) in [5.41, 5.74) is 7.25. The molecule has 2 aromatic rings. The summed E-state index contributed by atoms with van der Waals surface area (Å²) in [5, 5.41) is 10.1. The smallest absolute Gasteiger partial charge is 0.140 e. The van der Waals surface area contributed by atoms with Gasteiger partial charge in [0, 0.05) is 11.8 Å². The maximum absolute atomic E-state index is 10.1. The average molecular weight is 218 g/mol. The van der Waals surface area contributed by atoms with Gasteiger partial charge >= 0.3 is 0 Å². The summed E-state index contributed by atoms with van der Waals surface area (Å²) in [4.78, 5) is 4.01. The van der Waals surface area contributed by atoms with E-state index in [2.05, 4.69) is 4.98 Å². The fourth-order valence-corrected chi connectivity index (χ4v) is 1.58. The van der Waals surface area contributed by atoms with Crippen molar-refractivity contribution in [2.24, 2.45) is 0 Å². The number of nitrogens with two attached hydrogens (primary N) is 1. The number of hydrogen-bond acceptors (Lipinski definition) is 4. The first-order valence-corrected chi connectivity index (χ1v) is 5.04. The van der Waals surface area contributed by atoms with E-state index in [1.54, 1.807) is 18.3 Å². The molecule has 1 atom stereocenters. The van der Waals surface area contributed by atoms with Crippen molar-refractivity contribution in [3.63, 3.8) is 0 Å². The molecule has 0 amide bonds. The Kier molecular flexibility index (Phi) is 2.66. The van der Waals surface area contributed by atoms with E-state index in [1.807, 2.05) is 19.9 Å². The molecule has 84 valence electrons. The third-order valence-corrected chi connectivity index (χ3v) is 2.41. The number of rotatable bonds is 2. The summed E-state index contributed by atoms with van der Waals surface area (Å²) in [6.07, 6.45) is 0.806. The van der Waals surface area contributed by atoms with Crippen LogP contribution < -0.4 is 5.73 Å². The Balaban J connectivity index is 2.40. The predicted octanol–water partition coefficient (Wildman–Crippen LogP) is 1.96. The number of aliphatic hydroxyl groups is 1. The van der Waals surface area contributed by atoms with Crippen LogP contribution in [0.1, 0.15) is 28.8 Å². The number of aryl methyl sites for hydroxylation is 2. The number of nitrogens with zero attached hydrogens (tertiary/aromatic N) is 1. The van der Waals surface area contributed by atoms with E-state index in [0.29, 0.717) is 17.1 Å². The molecule has 0 radical (unpaired) electrons. The van der Waals surface area contributed by atoms with Crippen molar-refractivity contribution in [2.45, 2.75) is 20.0 Å². The zero-order chi connectivity index (χ0) is 11.7. The molecule has 0 aromatic carbocycles. The normalized spacial score (nSPS) is 12.7. The molecular weight excluding hydrogens is 204 g/mol. The van der Waals surface area contributed by atoms with E-state index in [0.717, 1.165) is 11.3 Å². The van der Waals surface area contributed by atoms with Crippen molar-refractivity contribution >= 4 is 5.82 Å². The minimum atomic E-state index is -0.860. The Labute approximate surface area is 93.7 Å². The Hall–Kier alpha value is -1.81. The van der Waals surface area contributed by atoms with E-state index in [4.69, 9.17) is 10.2 Å². The van der Waals surface area contributed by atoms with Crippen LogP contribution in [0.5, 0.6) is 0 Å². The highest BCUT2D eigenvalue weighted by Gasteiger charge is 2.17. The van der Waals surface area contributed by atoms with Crippen molar-refractivity contribution in [2.75, 3.05) is 5.73 Å². The van der Waals surface area contributed by atoms with Crippen LogP contribution in [0, 0.1) is 13.8 Å². The lowest BCUT2D eigenvalue weighted by Gasteiger charge is -2.11. The largest absolute Gasteiger partial charge is 0.463 e. The molecule has 0 spiro atoms. The fraction of sp³-hybridized carbons (Fsp3) is 0.250. The molecule has 2 heterocycles. The number of furan rings is 1. The van der Waals surface area contributed by atoms with Gasteiger partial charge in [0.25, 0.3) is 0 Å². The third kappa shape index (κ3) is 1.92. The molecule has 3 N–H and O–H groups in total. The van der Waals surface area contributed by atoms with Gasteiger partial charge < -0.3 is 15.3 Å². The number of pyridine rings is 1. The first-order chi connectivity index (χ1) is 7.58. The maximum atomic E-state index is 10.1. The molecule has 0 saturated heterocycles. The van der Waals surface area contributed by atoms with Crippen molar-refractivity contribution in [1.82, 2.24) is 4.98 Å². The highest BCUT2D eigenvalue weighted by molar-refractivity contribution is 5.44. The molecule has 4 heteroatoms. The lowest BCUT2D eigenvalue weighted by Crippen LogP contribution is -2.05. The van der Waals surface area contributed by atoms with E-state index in [9.17, 15) is 5.11 Å². The Bertz CT molecular complexity index is 505. The third-order valence-electron chi connectivity index (χ3n) is 2.41. The molecular formula is C12H14N2O2. The van der Waals surface area contributed by atoms with Crippen molar-refractivity contribution in [1.29, 1.82) is 0 Å². The zero-order valence-corrected chi connectivity index (χ0v) is 9.27. The van der Waals surface area contributed by atoms with Crippen LogP contribution in [0.15, 0.2) is 28.8 Å². The van der Waals surface area contributed by atoms with Gasteiger partial charge in [0.15, 0.2) is 0 Å². The van der Waals surface area contributed by atoms with Gasteiger partial charge in [-0.05, 0) is 37.6 Å². The lowest BCUT2D eigenvalue weighted by molar-refractivity contribution is 0.188. The molecule has 0 aliphatic heterocycles. The summed E-state index contributed by atoms with van der Waals surface area (Å²) < 4.78 is 5.36. The highest BCUT2D eigenvalue weighted by Crippen LogP contribution is 2.27. The molecule has 1 unspecified atom stereocenters. The first-order valence-electron chi connectivity index (χ1n) is 5.04. The van der Waals surface area contributed by atoms with Crippen LogP contribution >= 0.6 is 0 Å². The van der Waals surface area contributed by atoms with Gasteiger partial charge in [-0.1, -0.05) is 0 Å². The summed E-state index contributed by atoms with van der Waals surface area (Å²) in [6, 6.07) is 5.35. The predicted molar refractivity (Wildman–Crippen MR) is 60.9 cm³/mol. The SMILES string of the molecule is Cc1cnc(N)c(C(O)c2ccc(C)o2)c1.